The van der Waals surface area contributed by atoms with Crippen LogP contribution >= 0.6 is 0 Å². The molecule has 2 rings (SSSR count). The highest BCUT2D eigenvalue weighted by molar-refractivity contribution is 5.77. The Morgan fingerprint density at radius 2 is 1.84 bits per heavy atom. The van der Waals surface area contributed by atoms with E-state index in [9.17, 15) is 9.18 Å². The van der Waals surface area contributed by atoms with Gasteiger partial charge in [-0.15, -0.1) is 0 Å². The number of nitrogens with zero attached hydrogens (tertiary/aromatic N) is 1. The number of aryl methyl sites for hydroxylation is 1. The topological polar surface area (TPSA) is 41.6 Å². The van der Waals surface area contributed by atoms with Gasteiger partial charge in [-0.25, -0.2) is 4.39 Å². The van der Waals surface area contributed by atoms with Gasteiger partial charge in [0.1, 0.15) is 6.61 Å². The standard InChI is InChI=1S/C20H25FN2O2/c1-23(14-15-25-19-12-6-5-11-18(19)21)16-20(24)22-13-7-10-17-8-3-2-4-9-17/h2-6,8-9,11-12H,7,10,13-16H2,1H3,(H,22,24). The van der Waals surface area contributed by atoms with Gasteiger partial charge >= 0.3 is 0 Å². The molecule has 0 bridgehead atoms. The summed E-state index contributed by atoms with van der Waals surface area (Å²) in [4.78, 5) is 13.8. The molecule has 0 aliphatic carbocycles. The lowest BCUT2D eigenvalue weighted by Gasteiger charge is -2.16. The van der Waals surface area contributed by atoms with Crippen molar-refractivity contribution in [2.24, 2.45) is 0 Å². The summed E-state index contributed by atoms with van der Waals surface area (Å²) in [5.74, 6) is -0.149. The maximum Gasteiger partial charge on any atom is 0.234 e. The van der Waals surface area contributed by atoms with Gasteiger partial charge in [0.15, 0.2) is 11.6 Å². The van der Waals surface area contributed by atoms with Crippen LogP contribution in [0, 0.1) is 5.82 Å². The highest BCUT2D eigenvalue weighted by atomic mass is 19.1. The van der Waals surface area contributed by atoms with Crippen molar-refractivity contribution >= 4 is 5.91 Å². The molecule has 0 aliphatic rings. The number of hydrogen-bond acceptors (Lipinski definition) is 3. The third kappa shape index (κ3) is 7.35. The first-order chi connectivity index (χ1) is 12.1. The molecule has 1 N–H and O–H groups in total. The predicted octanol–water partition coefficient (Wildman–Crippen LogP) is 2.89. The van der Waals surface area contributed by atoms with E-state index < -0.39 is 0 Å². The van der Waals surface area contributed by atoms with Gasteiger partial charge in [-0.05, 0) is 37.6 Å². The molecule has 0 radical (unpaired) electrons. The molecule has 0 atom stereocenters. The average Bonchev–Trinajstić information content (AvgIpc) is 2.61. The van der Waals surface area contributed by atoms with E-state index in [-0.39, 0.29) is 17.5 Å². The Labute approximate surface area is 148 Å². The van der Waals surface area contributed by atoms with Gasteiger partial charge in [-0.1, -0.05) is 42.5 Å². The number of carbonyl (C=O) groups excluding carboxylic acids is 1. The van der Waals surface area contributed by atoms with E-state index in [4.69, 9.17) is 4.74 Å². The molecule has 4 nitrogen and oxygen atoms in total. The van der Waals surface area contributed by atoms with Gasteiger partial charge < -0.3 is 10.1 Å². The van der Waals surface area contributed by atoms with Gasteiger partial charge in [0.25, 0.3) is 0 Å². The van der Waals surface area contributed by atoms with Crippen molar-refractivity contribution in [3.05, 3.63) is 66.0 Å². The Balaban J connectivity index is 1.56. The summed E-state index contributed by atoms with van der Waals surface area (Å²) in [6.45, 7) is 1.84. The van der Waals surface area contributed by atoms with Crippen LogP contribution in [0.15, 0.2) is 54.6 Å². The number of carbonyl (C=O) groups is 1. The van der Waals surface area contributed by atoms with Crippen molar-refractivity contribution in [3.63, 3.8) is 0 Å². The summed E-state index contributed by atoms with van der Waals surface area (Å²) in [6.07, 6.45) is 1.86. The van der Waals surface area contributed by atoms with Gasteiger partial charge in [0.2, 0.25) is 5.91 Å². The average molecular weight is 344 g/mol. The van der Waals surface area contributed by atoms with Crippen LogP contribution in [-0.2, 0) is 11.2 Å². The van der Waals surface area contributed by atoms with E-state index in [0.29, 0.717) is 26.2 Å². The van der Waals surface area contributed by atoms with E-state index >= 15 is 0 Å². The zero-order valence-electron chi connectivity index (χ0n) is 14.6. The van der Waals surface area contributed by atoms with Crippen molar-refractivity contribution in [2.75, 3.05) is 33.3 Å². The largest absolute Gasteiger partial charge is 0.489 e. The predicted molar refractivity (Wildman–Crippen MR) is 97.2 cm³/mol. The molecular formula is C20H25FN2O2. The molecule has 0 saturated carbocycles. The summed E-state index contributed by atoms with van der Waals surface area (Å²) < 4.78 is 18.8. The fourth-order valence-corrected chi connectivity index (χ4v) is 2.42. The van der Waals surface area contributed by atoms with E-state index in [1.54, 1.807) is 18.2 Å². The van der Waals surface area contributed by atoms with E-state index in [2.05, 4.69) is 17.4 Å². The normalized spacial score (nSPS) is 10.7. The van der Waals surface area contributed by atoms with Crippen molar-refractivity contribution in [1.82, 2.24) is 10.2 Å². The third-order valence-electron chi connectivity index (χ3n) is 3.79. The lowest BCUT2D eigenvalue weighted by Crippen LogP contribution is -2.37. The van der Waals surface area contributed by atoms with Crippen LogP contribution in [0.2, 0.25) is 0 Å². The minimum atomic E-state index is -0.374. The first-order valence-electron chi connectivity index (χ1n) is 8.51. The SMILES string of the molecule is CN(CCOc1ccccc1F)CC(=O)NCCCc1ccccc1. The molecule has 2 aromatic carbocycles. The van der Waals surface area contributed by atoms with Gasteiger partial charge in [-0.3, -0.25) is 9.69 Å². The van der Waals surface area contributed by atoms with E-state index in [1.807, 2.05) is 30.1 Å². The second kappa shape index (κ2) is 10.5. The minimum absolute atomic E-state index is 0.0125. The van der Waals surface area contributed by atoms with Crippen LogP contribution in [0.1, 0.15) is 12.0 Å². The summed E-state index contributed by atoms with van der Waals surface area (Å²) >= 11 is 0. The molecule has 0 spiro atoms. The zero-order chi connectivity index (χ0) is 17.9. The Morgan fingerprint density at radius 1 is 1.12 bits per heavy atom. The van der Waals surface area contributed by atoms with Gasteiger partial charge in [0.05, 0.1) is 6.54 Å². The van der Waals surface area contributed by atoms with Gasteiger partial charge in [0, 0.05) is 13.1 Å². The maximum atomic E-state index is 13.4. The Morgan fingerprint density at radius 3 is 2.60 bits per heavy atom. The molecule has 5 heteroatoms. The van der Waals surface area contributed by atoms with E-state index in [1.165, 1.54) is 11.6 Å². The molecule has 0 unspecified atom stereocenters. The van der Waals surface area contributed by atoms with Gasteiger partial charge in [-0.2, -0.15) is 0 Å². The zero-order valence-corrected chi connectivity index (χ0v) is 14.6. The number of likely N-dealkylation sites (N-methyl/N-ethyl adjacent to an activating group) is 1. The van der Waals surface area contributed by atoms with Crippen molar-refractivity contribution in [3.8, 4) is 5.75 Å². The lowest BCUT2D eigenvalue weighted by atomic mass is 10.1. The molecule has 0 saturated heterocycles. The van der Waals surface area contributed by atoms with Crippen LogP contribution in [0.5, 0.6) is 5.75 Å². The molecule has 0 fully saturated rings. The number of rotatable bonds is 10. The second-order valence-electron chi connectivity index (χ2n) is 5.96. The number of amides is 1. The number of benzene rings is 2. The second-order valence-corrected chi connectivity index (χ2v) is 5.96. The maximum absolute atomic E-state index is 13.4. The Bertz CT molecular complexity index is 649. The number of halogens is 1. The number of hydrogen-bond donors (Lipinski definition) is 1. The van der Waals surface area contributed by atoms with Crippen LogP contribution in [0.4, 0.5) is 4.39 Å². The Hall–Kier alpha value is -2.40. The number of ether oxygens (including phenoxy) is 1. The molecule has 134 valence electrons. The van der Waals surface area contributed by atoms with Crippen molar-refractivity contribution in [1.29, 1.82) is 0 Å². The van der Waals surface area contributed by atoms with Crippen molar-refractivity contribution in [2.45, 2.75) is 12.8 Å². The summed E-state index contributed by atoms with van der Waals surface area (Å²) in [7, 11) is 1.84. The fourth-order valence-electron chi connectivity index (χ4n) is 2.42. The van der Waals surface area contributed by atoms with Crippen LogP contribution in [0.3, 0.4) is 0 Å². The highest BCUT2D eigenvalue weighted by Gasteiger charge is 2.07. The monoisotopic (exact) mass is 344 g/mol. The molecule has 1 amide bonds. The van der Waals surface area contributed by atoms with Crippen LogP contribution in [0.25, 0.3) is 0 Å². The summed E-state index contributed by atoms with van der Waals surface area (Å²) in [5.41, 5.74) is 1.28. The first-order valence-corrected chi connectivity index (χ1v) is 8.51. The first kappa shape index (κ1) is 18.9. The molecule has 25 heavy (non-hydrogen) atoms. The lowest BCUT2D eigenvalue weighted by molar-refractivity contribution is -0.122. The Kier molecular flexibility index (Phi) is 7.92. The molecule has 0 heterocycles. The molecule has 0 aliphatic heterocycles. The van der Waals surface area contributed by atoms with Crippen molar-refractivity contribution < 1.29 is 13.9 Å². The van der Waals surface area contributed by atoms with Crippen LogP contribution < -0.4 is 10.1 Å². The summed E-state index contributed by atoms with van der Waals surface area (Å²) in [5, 5.41) is 2.92. The molecule has 0 aromatic heterocycles. The smallest absolute Gasteiger partial charge is 0.234 e. The minimum Gasteiger partial charge on any atom is -0.489 e. The number of para-hydroxylation sites is 1. The highest BCUT2D eigenvalue weighted by Crippen LogP contribution is 2.14. The quantitative estimate of drug-likeness (QED) is 0.674. The van der Waals surface area contributed by atoms with Crippen LogP contribution in [-0.4, -0.2) is 44.1 Å². The third-order valence-corrected chi connectivity index (χ3v) is 3.79. The van der Waals surface area contributed by atoms with E-state index in [0.717, 1.165) is 12.8 Å². The summed E-state index contributed by atoms with van der Waals surface area (Å²) in [6, 6.07) is 16.5. The molecule has 2 aromatic rings. The fraction of sp³-hybridized carbons (Fsp3) is 0.350. The number of nitrogens with one attached hydrogen (secondary N) is 1. The molecular weight excluding hydrogens is 319 g/mol.